The van der Waals surface area contributed by atoms with Crippen LogP contribution in [0, 0.1) is 0 Å². The van der Waals surface area contributed by atoms with Crippen LogP contribution in [-0.2, 0) is 4.74 Å². The Kier molecular flexibility index (Phi) is 5.23. The largest absolute Gasteiger partial charge is 0.508 e. The Hall–Kier alpha value is -3.31. The molecule has 1 aromatic heterocycles. The van der Waals surface area contributed by atoms with Crippen molar-refractivity contribution in [2.24, 2.45) is 0 Å². The number of phenolic OH excluding ortho intramolecular Hbond substituents is 3. The lowest BCUT2D eigenvalue weighted by atomic mass is 10.00. The van der Waals surface area contributed by atoms with E-state index < -0.39 is 47.6 Å². The van der Waals surface area contributed by atoms with E-state index in [1.165, 1.54) is 31.2 Å². The van der Waals surface area contributed by atoms with Crippen molar-refractivity contribution in [2.75, 3.05) is 0 Å². The van der Waals surface area contributed by atoms with E-state index in [9.17, 15) is 35.4 Å². The first kappa shape index (κ1) is 20.9. The average Bonchev–Trinajstić information content (AvgIpc) is 2.72. The normalized spacial score (nSPS) is 26.1. The van der Waals surface area contributed by atoms with Gasteiger partial charge in [-0.2, -0.15) is 0 Å². The summed E-state index contributed by atoms with van der Waals surface area (Å²) in [5.74, 6) is -1.51. The Morgan fingerprint density at radius 1 is 0.903 bits per heavy atom. The van der Waals surface area contributed by atoms with Crippen LogP contribution in [0.2, 0.25) is 0 Å². The molecule has 164 valence electrons. The number of hydrogen-bond acceptors (Lipinski definition) is 10. The van der Waals surface area contributed by atoms with Crippen LogP contribution < -0.4 is 10.2 Å². The molecule has 2 heterocycles. The SMILES string of the molecule is C[C@@H]1O[C@@H](Oc2c(-c3ccc(O)cc3)oc3cc(O)cc(O)c3c2=O)[C@H](O)[C@@H](O)[C@H]1O. The Morgan fingerprint density at radius 2 is 1.58 bits per heavy atom. The number of hydrogen-bond donors (Lipinski definition) is 6. The summed E-state index contributed by atoms with van der Waals surface area (Å²) in [7, 11) is 0. The Labute approximate surface area is 174 Å². The van der Waals surface area contributed by atoms with Gasteiger partial charge in [0.05, 0.1) is 6.10 Å². The van der Waals surface area contributed by atoms with Crippen molar-refractivity contribution in [1.29, 1.82) is 0 Å². The molecule has 0 unspecified atom stereocenters. The number of aromatic hydroxyl groups is 3. The molecule has 0 spiro atoms. The predicted molar refractivity (Wildman–Crippen MR) is 106 cm³/mol. The molecule has 10 nitrogen and oxygen atoms in total. The molecule has 0 bridgehead atoms. The highest BCUT2D eigenvalue weighted by molar-refractivity contribution is 5.88. The predicted octanol–water partition coefficient (Wildman–Crippen LogP) is 0.783. The standard InChI is InChI=1S/C21H20O10/c1-8-15(25)17(27)18(28)21(29-8)31-20-16(26)14-12(24)6-11(23)7-13(14)30-19(20)9-2-4-10(22)5-3-9/h2-8,15,17-18,21-25,27-28H,1H3/t8-,15-,17-,18+,21-/m0/s1. The number of aliphatic hydroxyl groups is 3. The average molecular weight is 432 g/mol. The second kappa shape index (κ2) is 7.75. The van der Waals surface area contributed by atoms with Crippen LogP contribution in [0.1, 0.15) is 6.92 Å². The molecule has 3 aromatic rings. The van der Waals surface area contributed by atoms with E-state index in [0.29, 0.717) is 5.56 Å². The minimum atomic E-state index is -1.69. The zero-order valence-corrected chi connectivity index (χ0v) is 16.2. The van der Waals surface area contributed by atoms with Gasteiger partial charge in [0, 0.05) is 17.7 Å². The van der Waals surface area contributed by atoms with Crippen LogP contribution >= 0.6 is 0 Å². The van der Waals surface area contributed by atoms with Gasteiger partial charge in [-0.1, -0.05) is 0 Å². The smallest absolute Gasteiger partial charge is 0.239 e. The van der Waals surface area contributed by atoms with Crippen molar-refractivity contribution in [3.8, 4) is 34.3 Å². The topological polar surface area (TPSA) is 170 Å². The molecular formula is C21H20O10. The first-order chi connectivity index (χ1) is 14.7. The van der Waals surface area contributed by atoms with Crippen LogP contribution in [-0.4, -0.2) is 61.3 Å². The molecular weight excluding hydrogens is 412 g/mol. The fraction of sp³-hybridized carbons (Fsp3) is 0.286. The van der Waals surface area contributed by atoms with E-state index in [1.807, 2.05) is 0 Å². The van der Waals surface area contributed by atoms with Gasteiger partial charge >= 0.3 is 0 Å². The highest BCUT2D eigenvalue weighted by Gasteiger charge is 2.44. The van der Waals surface area contributed by atoms with E-state index >= 15 is 0 Å². The van der Waals surface area contributed by atoms with Gasteiger partial charge in [-0.3, -0.25) is 4.79 Å². The minimum Gasteiger partial charge on any atom is -0.508 e. The molecule has 1 fully saturated rings. The van der Waals surface area contributed by atoms with Gasteiger partial charge in [0.1, 0.15) is 46.5 Å². The summed E-state index contributed by atoms with van der Waals surface area (Å²) >= 11 is 0. The number of ether oxygens (including phenoxy) is 2. The highest BCUT2D eigenvalue weighted by Crippen LogP contribution is 2.37. The molecule has 4 rings (SSSR count). The van der Waals surface area contributed by atoms with Crippen molar-refractivity contribution in [2.45, 2.75) is 37.6 Å². The summed E-state index contributed by atoms with van der Waals surface area (Å²) in [5.41, 5.74) is -0.661. The number of aliphatic hydroxyl groups excluding tert-OH is 3. The third kappa shape index (κ3) is 3.66. The maximum absolute atomic E-state index is 13.2. The van der Waals surface area contributed by atoms with E-state index in [0.717, 1.165) is 12.1 Å². The van der Waals surface area contributed by atoms with Crippen LogP contribution in [0.5, 0.6) is 23.0 Å². The summed E-state index contributed by atoms with van der Waals surface area (Å²) in [5, 5.41) is 59.4. The van der Waals surface area contributed by atoms with Crippen LogP contribution in [0.25, 0.3) is 22.3 Å². The van der Waals surface area contributed by atoms with Gasteiger partial charge in [0.25, 0.3) is 0 Å². The van der Waals surface area contributed by atoms with Gasteiger partial charge in [0.15, 0.2) is 5.76 Å². The van der Waals surface area contributed by atoms with Gasteiger partial charge in [0.2, 0.25) is 17.5 Å². The first-order valence-electron chi connectivity index (χ1n) is 9.36. The lowest BCUT2D eigenvalue weighted by molar-refractivity contribution is -0.268. The molecule has 1 aliphatic rings. The maximum atomic E-state index is 13.2. The number of fused-ring (bicyclic) bond motifs is 1. The van der Waals surface area contributed by atoms with Gasteiger partial charge in [-0.15, -0.1) is 0 Å². The lowest BCUT2D eigenvalue weighted by Gasteiger charge is -2.38. The van der Waals surface area contributed by atoms with E-state index in [-0.39, 0.29) is 28.2 Å². The molecule has 0 saturated carbocycles. The van der Waals surface area contributed by atoms with Crippen molar-refractivity contribution in [1.82, 2.24) is 0 Å². The number of rotatable bonds is 3. The van der Waals surface area contributed by atoms with Crippen LogP contribution in [0.3, 0.4) is 0 Å². The molecule has 1 saturated heterocycles. The third-order valence-corrected chi connectivity index (χ3v) is 5.09. The molecule has 31 heavy (non-hydrogen) atoms. The zero-order chi connectivity index (χ0) is 22.4. The Bertz CT molecular complexity index is 1170. The second-order valence-electron chi connectivity index (χ2n) is 7.27. The second-order valence-corrected chi connectivity index (χ2v) is 7.27. The Morgan fingerprint density at radius 3 is 2.26 bits per heavy atom. The van der Waals surface area contributed by atoms with Crippen LogP contribution in [0.15, 0.2) is 45.6 Å². The molecule has 1 aliphatic heterocycles. The maximum Gasteiger partial charge on any atom is 0.239 e. The number of benzene rings is 2. The summed E-state index contributed by atoms with van der Waals surface area (Å²) < 4.78 is 16.8. The van der Waals surface area contributed by atoms with Crippen molar-refractivity contribution in [3.05, 3.63) is 46.6 Å². The molecule has 2 aromatic carbocycles. The molecule has 0 aliphatic carbocycles. The molecule has 6 N–H and O–H groups in total. The van der Waals surface area contributed by atoms with E-state index in [4.69, 9.17) is 13.9 Å². The molecule has 0 amide bonds. The first-order valence-corrected chi connectivity index (χ1v) is 9.36. The molecule has 5 atom stereocenters. The molecule has 10 heteroatoms. The quantitative estimate of drug-likeness (QED) is 0.348. The Balaban J connectivity index is 1.90. The zero-order valence-electron chi connectivity index (χ0n) is 16.2. The van der Waals surface area contributed by atoms with Crippen molar-refractivity contribution >= 4 is 11.0 Å². The monoisotopic (exact) mass is 432 g/mol. The fourth-order valence-electron chi connectivity index (χ4n) is 3.41. The fourth-order valence-corrected chi connectivity index (χ4v) is 3.41. The lowest BCUT2D eigenvalue weighted by Crippen LogP contribution is -2.58. The van der Waals surface area contributed by atoms with Gasteiger partial charge in [-0.05, 0) is 31.2 Å². The summed E-state index contributed by atoms with van der Waals surface area (Å²) in [6.45, 7) is 1.45. The number of phenols is 3. The van der Waals surface area contributed by atoms with Crippen molar-refractivity contribution < 1.29 is 44.5 Å². The summed E-state index contributed by atoms with van der Waals surface area (Å²) in [6.07, 6.45) is -7.11. The highest BCUT2D eigenvalue weighted by atomic mass is 16.7. The summed E-state index contributed by atoms with van der Waals surface area (Å²) in [4.78, 5) is 13.2. The van der Waals surface area contributed by atoms with Gasteiger partial charge in [-0.25, -0.2) is 0 Å². The van der Waals surface area contributed by atoms with E-state index in [2.05, 4.69) is 0 Å². The molecule has 0 radical (unpaired) electrons. The van der Waals surface area contributed by atoms with Crippen molar-refractivity contribution in [3.63, 3.8) is 0 Å². The van der Waals surface area contributed by atoms with Crippen LogP contribution in [0.4, 0.5) is 0 Å². The third-order valence-electron chi connectivity index (χ3n) is 5.09. The van der Waals surface area contributed by atoms with E-state index in [1.54, 1.807) is 0 Å². The van der Waals surface area contributed by atoms with Gasteiger partial charge < -0.3 is 44.5 Å². The minimum absolute atomic E-state index is 0.0402. The summed E-state index contributed by atoms with van der Waals surface area (Å²) in [6, 6.07) is 7.66.